The summed E-state index contributed by atoms with van der Waals surface area (Å²) in [6.07, 6.45) is 0. The lowest BCUT2D eigenvalue weighted by Crippen LogP contribution is -2.36. The third-order valence-electron chi connectivity index (χ3n) is 0. The molecule has 0 fully saturated rings. The van der Waals surface area contributed by atoms with E-state index in [-0.39, 0.29) is 0 Å². The van der Waals surface area contributed by atoms with Crippen LogP contribution in [-0.4, -0.2) is 44.8 Å². The van der Waals surface area contributed by atoms with Crippen LogP contribution >= 0.6 is 0 Å². The zero-order valence-electron chi connectivity index (χ0n) is 4.45. The van der Waals surface area contributed by atoms with Crippen molar-refractivity contribution in [3.63, 3.8) is 0 Å². The molecule has 0 aliphatic rings. The number of quaternary nitrogens is 1. The summed E-state index contributed by atoms with van der Waals surface area (Å²) in [6, 6.07) is 0. The fourth-order valence-corrected chi connectivity index (χ4v) is 0. The second-order valence-corrected chi connectivity index (χ2v) is 24.1. The first-order valence-corrected chi connectivity index (χ1v) is 5.37. The third kappa shape index (κ3) is 56.4. The molecular formula is H12NSi4+. The van der Waals surface area contributed by atoms with E-state index in [9.17, 15) is 0 Å². The van der Waals surface area contributed by atoms with Gasteiger partial charge in [0.25, 0.3) is 0 Å². The molecular weight excluding hydrogens is 126 g/mol. The fourth-order valence-electron chi connectivity index (χ4n) is 0. The summed E-state index contributed by atoms with van der Waals surface area (Å²) in [5, 5.41) is 0. The predicted molar refractivity (Wildman–Crippen MR) is 40.0 cm³/mol. The van der Waals surface area contributed by atoms with E-state index in [4.69, 9.17) is 0 Å². The molecule has 0 rings (SSSR count). The van der Waals surface area contributed by atoms with Crippen molar-refractivity contribution in [3.05, 3.63) is 0 Å². The Hall–Kier alpha value is 0.828. The molecule has 0 aliphatic heterocycles. The van der Waals surface area contributed by atoms with Gasteiger partial charge in [0.1, 0.15) is 0 Å². The molecule has 5 heavy (non-hydrogen) atoms. The number of rotatable bonds is 0. The summed E-state index contributed by atoms with van der Waals surface area (Å²) in [4.78, 5) is 0. The smallest absolute Gasteiger partial charge is 0.188 e. The number of nitrogens with zero attached hydrogens (tertiary/aromatic N) is 1. The minimum Gasteiger partial charge on any atom is -0.601 e. The van der Waals surface area contributed by atoms with Gasteiger partial charge in [-0.2, -0.15) is 0 Å². The van der Waals surface area contributed by atoms with Gasteiger partial charge in [-0.1, -0.05) is 0 Å². The Balaban J connectivity index is 3.02. The van der Waals surface area contributed by atoms with Crippen molar-refractivity contribution in [2.45, 2.75) is 0 Å². The molecule has 5 heteroatoms. The Morgan fingerprint density at radius 1 is 0.800 bits per heavy atom. The molecule has 32 valence electrons. The van der Waals surface area contributed by atoms with Gasteiger partial charge < -0.3 is 3.15 Å². The average Bonchev–Trinajstić information content (AvgIpc) is 0.722. The van der Waals surface area contributed by atoms with Crippen molar-refractivity contribution in [2.24, 2.45) is 0 Å². The molecule has 0 radical (unpaired) electrons. The maximum absolute atomic E-state index is 1.56. The van der Waals surface area contributed by atoms with E-state index in [2.05, 4.69) is 0 Å². The summed E-state index contributed by atoms with van der Waals surface area (Å²) < 4.78 is 1.56. The highest BCUT2D eigenvalue weighted by Crippen LogP contribution is 1.64. The fraction of sp³-hybridized carbons (Fsp3) is 0. The Bertz CT molecular complexity index is 19.1. The van der Waals surface area contributed by atoms with Gasteiger partial charge in [-0.25, -0.2) is 0 Å². The van der Waals surface area contributed by atoms with Crippen molar-refractivity contribution in [2.75, 3.05) is 0 Å². The Kier molecular flexibility index (Phi) is 1.77. The van der Waals surface area contributed by atoms with Crippen LogP contribution in [0.3, 0.4) is 0 Å². The van der Waals surface area contributed by atoms with Crippen LogP contribution in [0.4, 0.5) is 0 Å². The van der Waals surface area contributed by atoms with Crippen LogP contribution in [-0.2, 0) is 0 Å². The molecule has 0 heterocycles. The van der Waals surface area contributed by atoms with Crippen LogP contribution in [0.2, 0.25) is 0 Å². The highest BCUT2D eigenvalue weighted by Gasteiger charge is 1.83. The van der Waals surface area contributed by atoms with E-state index in [1.165, 1.54) is 41.6 Å². The SMILES string of the molecule is [SiH3][N+]([SiH3])([SiH3])[SiH3]. The number of hydrogen-bond acceptors (Lipinski definition) is 0. The normalized spacial score (nSPS) is 24.0. The van der Waals surface area contributed by atoms with E-state index in [0.717, 1.165) is 0 Å². The first kappa shape index (κ1) is 5.83. The van der Waals surface area contributed by atoms with Crippen LogP contribution in [0.15, 0.2) is 0 Å². The van der Waals surface area contributed by atoms with Crippen molar-refractivity contribution >= 4 is 41.6 Å². The van der Waals surface area contributed by atoms with E-state index in [1.807, 2.05) is 0 Å². The Morgan fingerprint density at radius 2 is 0.800 bits per heavy atom. The molecule has 0 unspecified atom stereocenters. The molecule has 0 aromatic heterocycles. The molecule has 0 bridgehead atoms. The minimum atomic E-state index is 1.43. The van der Waals surface area contributed by atoms with Gasteiger partial charge >= 0.3 is 0 Å². The minimum absolute atomic E-state index is 1.43. The van der Waals surface area contributed by atoms with Gasteiger partial charge in [0.15, 0.2) is 41.6 Å². The van der Waals surface area contributed by atoms with Crippen molar-refractivity contribution in [1.29, 1.82) is 0 Å². The quantitative estimate of drug-likeness (QED) is 0.294. The summed E-state index contributed by atoms with van der Waals surface area (Å²) in [5.74, 6) is 0. The molecule has 1 nitrogen and oxygen atoms in total. The predicted octanol–water partition coefficient (Wildman–Crippen LogP) is -5.08. The average molecular weight is 138 g/mol. The second kappa shape index (κ2) is 1.52. The van der Waals surface area contributed by atoms with Gasteiger partial charge in [0, 0.05) is 0 Å². The summed E-state index contributed by atoms with van der Waals surface area (Å²) in [6.45, 7) is 0. The molecule has 0 N–H and O–H groups in total. The van der Waals surface area contributed by atoms with E-state index in [1.54, 1.807) is 3.15 Å². The zero-order valence-corrected chi connectivity index (χ0v) is 12.4. The Morgan fingerprint density at radius 3 is 0.800 bits per heavy atom. The lowest BCUT2D eigenvalue weighted by molar-refractivity contribution is -0.390. The van der Waals surface area contributed by atoms with Crippen molar-refractivity contribution < 1.29 is 3.15 Å². The molecule has 0 aromatic rings. The molecule has 0 aromatic carbocycles. The topological polar surface area (TPSA) is 0 Å². The van der Waals surface area contributed by atoms with Crippen molar-refractivity contribution in [1.82, 2.24) is 0 Å². The highest BCUT2D eigenvalue weighted by atomic mass is 28.4. The summed E-state index contributed by atoms with van der Waals surface area (Å²) in [7, 11) is 5.72. The molecule has 0 saturated heterocycles. The summed E-state index contributed by atoms with van der Waals surface area (Å²) >= 11 is 0. The van der Waals surface area contributed by atoms with Gasteiger partial charge in [0.05, 0.1) is 0 Å². The monoisotopic (exact) mass is 138 g/mol. The molecule has 0 saturated carbocycles. The third-order valence-corrected chi connectivity index (χ3v) is 0. The molecule has 0 atom stereocenters. The van der Waals surface area contributed by atoms with Crippen LogP contribution in [0.25, 0.3) is 0 Å². The first-order valence-electron chi connectivity index (χ1n) is 1.79. The largest absolute Gasteiger partial charge is 0.601 e. The molecule has 0 amide bonds. The second-order valence-electron chi connectivity index (χ2n) is 2.68. The van der Waals surface area contributed by atoms with Crippen LogP contribution < -0.4 is 0 Å². The first-order chi connectivity index (χ1) is 2.00. The standard InChI is InChI=1S/H12NSi4/c2-1(3,4)5/h2-5H3/q+1. The van der Waals surface area contributed by atoms with Crippen LogP contribution in [0.1, 0.15) is 0 Å². The lowest BCUT2D eigenvalue weighted by Gasteiger charge is -2.24. The Labute approximate surface area is 45.3 Å². The van der Waals surface area contributed by atoms with Gasteiger partial charge in [-0.3, -0.25) is 0 Å². The van der Waals surface area contributed by atoms with Gasteiger partial charge in [-0.05, 0) is 0 Å². The maximum Gasteiger partial charge on any atom is 0.188 e. The molecule has 0 spiro atoms. The highest BCUT2D eigenvalue weighted by molar-refractivity contribution is 6.41. The van der Waals surface area contributed by atoms with Crippen LogP contribution in [0, 0.1) is 0 Å². The van der Waals surface area contributed by atoms with E-state index in [0.29, 0.717) is 0 Å². The lowest BCUT2D eigenvalue weighted by atomic mass is 13.7. The van der Waals surface area contributed by atoms with E-state index < -0.39 is 0 Å². The van der Waals surface area contributed by atoms with E-state index >= 15 is 0 Å². The van der Waals surface area contributed by atoms with Crippen LogP contribution in [0.5, 0.6) is 0 Å². The maximum atomic E-state index is 1.56. The van der Waals surface area contributed by atoms with Crippen molar-refractivity contribution in [3.8, 4) is 0 Å². The summed E-state index contributed by atoms with van der Waals surface area (Å²) in [5.41, 5.74) is 0. The van der Waals surface area contributed by atoms with Gasteiger partial charge in [0.2, 0.25) is 0 Å². The zero-order chi connectivity index (χ0) is 4.50. The van der Waals surface area contributed by atoms with Gasteiger partial charge in [-0.15, -0.1) is 0 Å². The number of hydrogen-bond donors (Lipinski definition) is 0. The molecule has 0 aliphatic carbocycles.